The molecule has 0 amide bonds. The van der Waals surface area contributed by atoms with E-state index in [1.54, 1.807) is 20.8 Å². The molecule has 3 aromatic rings. The number of aliphatic imine (C=N–C) groups is 1. The Morgan fingerprint density at radius 1 is 1.30 bits per heavy atom. The normalized spacial score (nSPS) is 24.1. The van der Waals surface area contributed by atoms with E-state index in [0.717, 1.165) is 16.2 Å². The Hall–Kier alpha value is -1.90. The van der Waals surface area contributed by atoms with Crippen LogP contribution in [0.25, 0.3) is 16.2 Å². The summed E-state index contributed by atoms with van der Waals surface area (Å²) in [6.45, 7) is 4.93. The third-order valence-corrected chi connectivity index (χ3v) is 9.55. The second-order valence-corrected chi connectivity index (χ2v) is 11.4. The fourth-order valence-corrected chi connectivity index (χ4v) is 6.53. The van der Waals surface area contributed by atoms with Gasteiger partial charge in [-0.25, -0.2) is 13.4 Å². The molecule has 1 atom stereocenters. The van der Waals surface area contributed by atoms with Crippen molar-refractivity contribution in [3.05, 3.63) is 46.6 Å². The smallest absolute Gasteiger partial charge is 0.165 e. The molecule has 4 rings (SSSR count). The molecular formula is C18H19ClN4O2S2. The van der Waals surface area contributed by atoms with Gasteiger partial charge in [0.15, 0.2) is 9.84 Å². The van der Waals surface area contributed by atoms with Crippen LogP contribution in [0.2, 0.25) is 5.02 Å². The van der Waals surface area contributed by atoms with Crippen molar-refractivity contribution in [3.63, 3.8) is 0 Å². The lowest BCUT2D eigenvalue weighted by Crippen LogP contribution is -2.54. The van der Waals surface area contributed by atoms with Gasteiger partial charge in [-0.3, -0.25) is 4.99 Å². The van der Waals surface area contributed by atoms with Crippen molar-refractivity contribution in [2.45, 2.75) is 31.1 Å². The van der Waals surface area contributed by atoms with Crippen LogP contribution >= 0.6 is 22.9 Å². The Labute approximate surface area is 166 Å². The Kier molecular flexibility index (Phi) is 3.96. The number of hydrogen-bond donors (Lipinski definition) is 1. The Bertz CT molecular complexity index is 1160. The molecule has 0 spiro atoms. The highest BCUT2D eigenvalue weighted by molar-refractivity contribution is 7.93. The Balaban J connectivity index is 1.83. The predicted molar refractivity (Wildman–Crippen MR) is 110 cm³/mol. The molecule has 6 nitrogen and oxygen atoms in total. The lowest BCUT2D eigenvalue weighted by molar-refractivity contribution is 0.507. The second-order valence-electron chi connectivity index (χ2n) is 7.42. The summed E-state index contributed by atoms with van der Waals surface area (Å²) in [4.78, 5) is 10.7. The molecule has 2 N–H and O–H groups in total. The third kappa shape index (κ3) is 2.78. The number of hydrogen-bond acceptors (Lipinski definition) is 6. The molecule has 1 aliphatic heterocycles. The van der Waals surface area contributed by atoms with E-state index in [1.165, 1.54) is 11.3 Å². The van der Waals surface area contributed by atoms with E-state index in [-0.39, 0.29) is 11.6 Å². The van der Waals surface area contributed by atoms with Gasteiger partial charge in [-0.05, 0) is 39.0 Å². The molecule has 1 unspecified atom stereocenters. The number of pyridine rings is 1. The van der Waals surface area contributed by atoms with E-state index in [9.17, 15) is 8.42 Å². The first kappa shape index (κ1) is 18.5. The monoisotopic (exact) mass is 422 g/mol. The fraction of sp³-hybridized carbons (Fsp3) is 0.333. The van der Waals surface area contributed by atoms with E-state index < -0.39 is 20.1 Å². The van der Waals surface area contributed by atoms with Gasteiger partial charge in [0.1, 0.15) is 21.8 Å². The number of aromatic nitrogens is 2. The summed E-state index contributed by atoms with van der Waals surface area (Å²) in [5, 5.41) is 0.473. The first-order valence-electron chi connectivity index (χ1n) is 8.35. The summed E-state index contributed by atoms with van der Waals surface area (Å²) < 4.78 is 26.3. The lowest BCUT2D eigenvalue weighted by Gasteiger charge is -2.37. The molecule has 0 aromatic carbocycles. The summed E-state index contributed by atoms with van der Waals surface area (Å²) in [6.07, 6.45) is 3.84. The fourth-order valence-electron chi connectivity index (χ4n) is 3.17. The minimum atomic E-state index is -3.49. The first-order chi connectivity index (χ1) is 12.5. The molecule has 0 radical (unpaired) electrons. The molecule has 0 aliphatic carbocycles. The molecule has 0 bridgehead atoms. The predicted octanol–water partition coefficient (Wildman–Crippen LogP) is 3.50. The van der Waals surface area contributed by atoms with Crippen LogP contribution in [-0.4, -0.2) is 34.1 Å². The van der Waals surface area contributed by atoms with Crippen molar-refractivity contribution in [3.8, 4) is 10.6 Å². The van der Waals surface area contributed by atoms with Crippen molar-refractivity contribution in [2.75, 3.05) is 5.75 Å². The van der Waals surface area contributed by atoms with E-state index >= 15 is 0 Å². The average Bonchev–Trinajstić information content (AvgIpc) is 3.16. The molecule has 0 saturated carbocycles. The molecule has 142 valence electrons. The minimum Gasteiger partial charge on any atom is -0.386 e. The van der Waals surface area contributed by atoms with Crippen LogP contribution in [0, 0.1) is 0 Å². The summed E-state index contributed by atoms with van der Waals surface area (Å²) in [5.41, 5.74) is 6.63. The quantitative estimate of drug-likeness (QED) is 0.684. The van der Waals surface area contributed by atoms with Gasteiger partial charge in [-0.1, -0.05) is 17.7 Å². The number of imidazole rings is 1. The van der Waals surface area contributed by atoms with Crippen molar-refractivity contribution >= 4 is 44.3 Å². The van der Waals surface area contributed by atoms with E-state index in [2.05, 4.69) is 9.98 Å². The van der Waals surface area contributed by atoms with Gasteiger partial charge in [-0.2, -0.15) is 0 Å². The number of sulfone groups is 1. The van der Waals surface area contributed by atoms with Crippen LogP contribution in [0.5, 0.6) is 0 Å². The molecule has 0 fully saturated rings. The highest BCUT2D eigenvalue weighted by atomic mass is 35.5. The third-order valence-electron chi connectivity index (χ3n) is 5.03. The molecule has 1 aliphatic rings. The number of nitrogens with two attached hydrogens (primary N) is 1. The lowest BCUT2D eigenvalue weighted by atomic mass is 10.0. The Morgan fingerprint density at radius 2 is 2.04 bits per heavy atom. The number of fused-ring (bicyclic) bond motifs is 1. The molecule has 9 heteroatoms. The van der Waals surface area contributed by atoms with Crippen molar-refractivity contribution in [2.24, 2.45) is 10.7 Å². The van der Waals surface area contributed by atoms with E-state index in [4.69, 9.17) is 17.3 Å². The van der Waals surface area contributed by atoms with Gasteiger partial charge in [0.2, 0.25) is 0 Å². The minimum absolute atomic E-state index is 0.106. The van der Waals surface area contributed by atoms with Crippen LogP contribution in [0.15, 0.2) is 41.7 Å². The van der Waals surface area contributed by atoms with E-state index in [1.807, 2.05) is 41.1 Å². The summed E-state index contributed by atoms with van der Waals surface area (Å²) in [7, 11) is -3.49. The van der Waals surface area contributed by atoms with Gasteiger partial charge in [0.25, 0.3) is 0 Å². The van der Waals surface area contributed by atoms with Gasteiger partial charge in [-0.15, -0.1) is 11.3 Å². The van der Waals surface area contributed by atoms with Gasteiger partial charge < -0.3 is 10.1 Å². The van der Waals surface area contributed by atoms with Gasteiger partial charge >= 0.3 is 0 Å². The Morgan fingerprint density at radius 3 is 2.70 bits per heavy atom. The zero-order valence-electron chi connectivity index (χ0n) is 15.1. The maximum atomic E-state index is 12.8. The van der Waals surface area contributed by atoms with Crippen LogP contribution in [-0.2, 0) is 15.4 Å². The van der Waals surface area contributed by atoms with Crippen LogP contribution in [0.1, 0.15) is 25.6 Å². The van der Waals surface area contributed by atoms with E-state index in [0.29, 0.717) is 9.90 Å². The summed E-state index contributed by atoms with van der Waals surface area (Å²) in [6, 6.07) is 7.58. The maximum absolute atomic E-state index is 12.8. The standard InChI is InChI=1S/C18H19ClN4O2S2/c1-17(2)16(20)22-18(3,10-27(17,24)25)15-11(19)8-13(26-15)12-9-23-7-5-4-6-14(23)21-12/h4-9H,10H2,1-3H3,(H2,20,22). The topological polar surface area (TPSA) is 89.8 Å². The largest absolute Gasteiger partial charge is 0.386 e. The molecule has 3 aromatic heterocycles. The number of amidine groups is 1. The zero-order valence-corrected chi connectivity index (χ0v) is 17.5. The summed E-state index contributed by atoms with van der Waals surface area (Å²) in [5.74, 6) is -0.0339. The molecule has 0 saturated heterocycles. The van der Waals surface area contributed by atoms with Crippen molar-refractivity contribution in [1.29, 1.82) is 0 Å². The number of halogens is 1. The highest BCUT2D eigenvalue weighted by Crippen LogP contribution is 2.45. The van der Waals surface area contributed by atoms with Crippen molar-refractivity contribution < 1.29 is 8.42 Å². The average molecular weight is 423 g/mol. The van der Waals surface area contributed by atoms with Crippen LogP contribution in [0.4, 0.5) is 0 Å². The van der Waals surface area contributed by atoms with Crippen molar-refractivity contribution in [1.82, 2.24) is 9.38 Å². The number of thiophene rings is 1. The zero-order chi connectivity index (χ0) is 19.6. The highest BCUT2D eigenvalue weighted by Gasteiger charge is 2.49. The van der Waals surface area contributed by atoms with Gasteiger partial charge in [0.05, 0.1) is 26.2 Å². The van der Waals surface area contributed by atoms with Gasteiger partial charge in [0, 0.05) is 12.4 Å². The van der Waals surface area contributed by atoms with Crippen LogP contribution in [0.3, 0.4) is 0 Å². The maximum Gasteiger partial charge on any atom is 0.165 e. The van der Waals surface area contributed by atoms with Crippen LogP contribution < -0.4 is 5.73 Å². The number of nitrogens with zero attached hydrogens (tertiary/aromatic N) is 3. The first-order valence-corrected chi connectivity index (χ1v) is 11.2. The number of rotatable bonds is 2. The second kappa shape index (κ2) is 5.80. The SMILES string of the molecule is CC1(c2sc(-c3cn4ccccc4n3)cc2Cl)CS(=O)(=O)C(C)(C)C(N)=N1. The molecule has 4 heterocycles. The molecular weight excluding hydrogens is 404 g/mol. The molecule has 27 heavy (non-hydrogen) atoms. The summed E-state index contributed by atoms with van der Waals surface area (Å²) >= 11 is 7.90.